The van der Waals surface area contributed by atoms with E-state index in [0.29, 0.717) is 12.0 Å². The maximum Gasteiger partial charge on any atom is 0.165 e. The molecular formula is C17H29FN2O. The van der Waals surface area contributed by atoms with Crippen molar-refractivity contribution in [3.8, 4) is 5.75 Å². The third-order valence-corrected chi connectivity index (χ3v) is 3.81. The summed E-state index contributed by atoms with van der Waals surface area (Å²) in [6, 6.07) is 5.73. The van der Waals surface area contributed by atoms with Crippen molar-refractivity contribution >= 4 is 0 Å². The van der Waals surface area contributed by atoms with Crippen LogP contribution < -0.4 is 10.1 Å². The van der Waals surface area contributed by atoms with Crippen LogP contribution in [0.2, 0.25) is 0 Å². The summed E-state index contributed by atoms with van der Waals surface area (Å²) in [4.78, 5) is 2.24. The molecule has 1 aromatic carbocycles. The minimum atomic E-state index is -0.310. The summed E-state index contributed by atoms with van der Waals surface area (Å²) in [6.45, 7) is 7.42. The van der Waals surface area contributed by atoms with Crippen molar-refractivity contribution in [2.24, 2.45) is 5.92 Å². The molecule has 2 unspecified atom stereocenters. The Morgan fingerprint density at radius 3 is 2.38 bits per heavy atom. The highest BCUT2D eigenvalue weighted by molar-refractivity contribution is 5.30. The van der Waals surface area contributed by atoms with E-state index in [0.717, 1.165) is 18.5 Å². The van der Waals surface area contributed by atoms with E-state index in [1.807, 2.05) is 6.07 Å². The monoisotopic (exact) mass is 296 g/mol. The zero-order valence-electron chi connectivity index (χ0n) is 14.1. The molecule has 0 amide bonds. The van der Waals surface area contributed by atoms with Crippen molar-refractivity contribution in [2.45, 2.75) is 39.3 Å². The summed E-state index contributed by atoms with van der Waals surface area (Å²) in [6.07, 6.45) is 1.14. The van der Waals surface area contributed by atoms with Crippen LogP contribution in [0.1, 0.15) is 38.8 Å². The Balaban J connectivity index is 2.63. The van der Waals surface area contributed by atoms with Crippen molar-refractivity contribution in [1.82, 2.24) is 10.2 Å². The molecule has 0 spiro atoms. The lowest BCUT2D eigenvalue weighted by Gasteiger charge is -2.28. The first-order valence-electron chi connectivity index (χ1n) is 7.58. The van der Waals surface area contributed by atoms with Gasteiger partial charge in [-0.1, -0.05) is 19.9 Å². The summed E-state index contributed by atoms with van der Waals surface area (Å²) in [5.41, 5.74) is 0.940. The smallest absolute Gasteiger partial charge is 0.165 e. The Morgan fingerprint density at radius 1 is 1.24 bits per heavy atom. The molecule has 0 saturated heterocycles. The zero-order valence-corrected chi connectivity index (χ0v) is 14.1. The molecule has 4 heteroatoms. The van der Waals surface area contributed by atoms with Gasteiger partial charge in [-0.3, -0.25) is 0 Å². The highest BCUT2D eigenvalue weighted by Gasteiger charge is 2.15. The van der Waals surface area contributed by atoms with Crippen molar-refractivity contribution < 1.29 is 9.13 Å². The van der Waals surface area contributed by atoms with Gasteiger partial charge in [0.2, 0.25) is 0 Å². The van der Waals surface area contributed by atoms with Gasteiger partial charge in [0, 0.05) is 18.6 Å². The third kappa shape index (κ3) is 5.64. The van der Waals surface area contributed by atoms with Gasteiger partial charge in [-0.25, -0.2) is 4.39 Å². The molecular weight excluding hydrogens is 267 g/mol. The standard InChI is InChI=1S/C17H29FN2O/c1-12(2)9-15(20(4)5)11-19-13(3)14-7-8-17(21-6)16(18)10-14/h7-8,10,12-13,15,19H,9,11H2,1-6H3. The molecule has 0 saturated carbocycles. The molecule has 0 aliphatic carbocycles. The molecule has 0 aliphatic heterocycles. The van der Waals surface area contributed by atoms with Gasteiger partial charge in [0.15, 0.2) is 11.6 Å². The summed E-state index contributed by atoms with van der Waals surface area (Å²) >= 11 is 0. The molecule has 1 aromatic rings. The van der Waals surface area contributed by atoms with E-state index in [1.54, 1.807) is 12.1 Å². The van der Waals surface area contributed by atoms with Gasteiger partial charge in [0.1, 0.15) is 0 Å². The summed E-state index contributed by atoms with van der Waals surface area (Å²) < 4.78 is 18.7. The van der Waals surface area contributed by atoms with Crippen molar-refractivity contribution in [3.63, 3.8) is 0 Å². The average Bonchev–Trinajstić information content (AvgIpc) is 2.42. The van der Waals surface area contributed by atoms with Gasteiger partial charge in [-0.15, -0.1) is 0 Å². The molecule has 2 atom stereocenters. The molecule has 21 heavy (non-hydrogen) atoms. The highest BCUT2D eigenvalue weighted by atomic mass is 19.1. The molecule has 1 N–H and O–H groups in total. The maximum atomic E-state index is 13.7. The van der Waals surface area contributed by atoms with Gasteiger partial charge in [0.05, 0.1) is 7.11 Å². The predicted octanol–water partition coefficient (Wildman–Crippen LogP) is 3.46. The molecule has 120 valence electrons. The molecule has 0 bridgehead atoms. The van der Waals surface area contributed by atoms with Crippen molar-refractivity contribution in [2.75, 3.05) is 27.7 Å². The second kappa shape index (κ2) is 8.35. The summed E-state index contributed by atoms with van der Waals surface area (Å²) in [5.74, 6) is 0.639. The third-order valence-electron chi connectivity index (χ3n) is 3.81. The van der Waals surface area contributed by atoms with Crippen LogP contribution in [-0.2, 0) is 0 Å². The number of hydrogen-bond acceptors (Lipinski definition) is 3. The number of nitrogens with one attached hydrogen (secondary N) is 1. The molecule has 0 radical (unpaired) electrons. The van der Waals surface area contributed by atoms with E-state index in [9.17, 15) is 4.39 Å². The molecule has 0 fully saturated rings. The number of likely N-dealkylation sites (N-methyl/N-ethyl adjacent to an activating group) is 1. The lowest BCUT2D eigenvalue weighted by atomic mass is 10.0. The first-order valence-corrected chi connectivity index (χ1v) is 7.58. The highest BCUT2D eigenvalue weighted by Crippen LogP contribution is 2.22. The fraction of sp³-hybridized carbons (Fsp3) is 0.647. The second-order valence-electron chi connectivity index (χ2n) is 6.27. The van der Waals surface area contributed by atoms with Gasteiger partial charge in [-0.05, 0) is 51.1 Å². The number of hydrogen-bond donors (Lipinski definition) is 1. The van der Waals surface area contributed by atoms with E-state index in [4.69, 9.17) is 4.74 Å². The molecule has 0 aromatic heterocycles. The quantitative estimate of drug-likeness (QED) is 0.795. The van der Waals surface area contributed by atoms with Crippen LogP contribution in [0, 0.1) is 11.7 Å². The fourth-order valence-corrected chi connectivity index (χ4v) is 2.40. The number of nitrogens with zero attached hydrogens (tertiary/aromatic N) is 1. The van der Waals surface area contributed by atoms with Gasteiger partial charge in [-0.2, -0.15) is 0 Å². The molecule has 0 heterocycles. The summed E-state index contributed by atoms with van der Waals surface area (Å²) in [5, 5.41) is 3.50. The first kappa shape index (κ1) is 17.9. The molecule has 0 aliphatic rings. The van der Waals surface area contributed by atoms with Gasteiger partial charge < -0.3 is 15.0 Å². The molecule has 1 rings (SSSR count). The Morgan fingerprint density at radius 2 is 1.90 bits per heavy atom. The average molecular weight is 296 g/mol. The Hall–Kier alpha value is -1.13. The van der Waals surface area contributed by atoms with E-state index < -0.39 is 0 Å². The predicted molar refractivity (Wildman–Crippen MR) is 86.3 cm³/mol. The Bertz CT molecular complexity index is 435. The van der Waals surface area contributed by atoms with E-state index in [2.05, 4.69) is 45.1 Å². The number of ether oxygens (including phenoxy) is 1. The summed E-state index contributed by atoms with van der Waals surface area (Å²) in [7, 11) is 5.69. The van der Waals surface area contributed by atoms with Crippen molar-refractivity contribution in [1.29, 1.82) is 0 Å². The minimum absolute atomic E-state index is 0.111. The lowest BCUT2D eigenvalue weighted by molar-refractivity contribution is 0.242. The SMILES string of the molecule is COc1ccc(C(C)NCC(CC(C)C)N(C)C)cc1F. The van der Waals surface area contributed by atoms with E-state index in [-0.39, 0.29) is 17.6 Å². The van der Waals surface area contributed by atoms with Crippen LogP contribution in [0.15, 0.2) is 18.2 Å². The second-order valence-corrected chi connectivity index (χ2v) is 6.27. The Kier molecular flexibility index (Phi) is 7.12. The maximum absolute atomic E-state index is 13.7. The Labute approximate surface area is 128 Å². The van der Waals surface area contributed by atoms with Gasteiger partial charge >= 0.3 is 0 Å². The number of halogens is 1. The fourth-order valence-electron chi connectivity index (χ4n) is 2.40. The van der Waals surface area contributed by atoms with Crippen LogP contribution in [0.3, 0.4) is 0 Å². The zero-order chi connectivity index (χ0) is 16.0. The van der Waals surface area contributed by atoms with Gasteiger partial charge in [0.25, 0.3) is 0 Å². The topological polar surface area (TPSA) is 24.5 Å². The largest absolute Gasteiger partial charge is 0.494 e. The normalized spacial score (nSPS) is 14.5. The lowest BCUT2D eigenvalue weighted by Crippen LogP contribution is -2.39. The number of rotatable bonds is 8. The van der Waals surface area contributed by atoms with E-state index in [1.165, 1.54) is 7.11 Å². The van der Waals surface area contributed by atoms with Crippen LogP contribution in [0.4, 0.5) is 4.39 Å². The van der Waals surface area contributed by atoms with Crippen LogP contribution >= 0.6 is 0 Å². The van der Waals surface area contributed by atoms with Crippen molar-refractivity contribution in [3.05, 3.63) is 29.6 Å². The van der Waals surface area contributed by atoms with Crippen LogP contribution in [-0.4, -0.2) is 38.7 Å². The van der Waals surface area contributed by atoms with Crippen LogP contribution in [0.25, 0.3) is 0 Å². The van der Waals surface area contributed by atoms with E-state index >= 15 is 0 Å². The number of methoxy groups -OCH3 is 1. The van der Waals surface area contributed by atoms with Crippen LogP contribution in [0.5, 0.6) is 5.75 Å². The first-order chi connectivity index (χ1) is 9.85. The number of benzene rings is 1. The minimum Gasteiger partial charge on any atom is -0.494 e. The molecule has 3 nitrogen and oxygen atoms in total.